The third-order valence-corrected chi connectivity index (χ3v) is 4.47. The van der Waals surface area contributed by atoms with Gasteiger partial charge in [-0.3, -0.25) is 0 Å². The molecule has 0 radical (unpaired) electrons. The lowest BCUT2D eigenvalue weighted by Gasteiger charge is -2.37. The van der Waals surface area contributed by atoms with Gasteiger partial charge in [0.2, 0.25) is 0 Å². The van der Waals surface area contributed by atoms with Crippen LogP contribution in [-0.2, 0) is 11.2 Å². The summed E-state index contributed by atoms with van der Waals surface area (Å²) in [6.45, 7) is 3.96. The number of morpholine rings is 1. The lowest BCUT2D eigenvalue weighted by molar-refractivity contribution is -0.0730. The molecule has 1 aromatic carbocycles. The van der Waals surface area contributed by atoms with Crippen molar-refractivity contribution in [2.24, 2.45) is 5.92 Å². The average molecular weight is 313 g/mol. The number of benzene rings is 1. The van der Waals surface area contributed by atoms with Gasteiger partial charge in [0.25, 0.3) is 0 Å². The highest BCUT2D eigenvalue weighted by Crippen LogP contribution is 2.36. The maximum absolute atomic E-state index is 12.4. The Bertz CT molecular complexity index is 607. The van der Waals surface area contributed by atoms with E-state index >= 15 is 0 Å². The predicted molar refractivity (Wildman–Crippen MR) is 86.9 cm³/mol. The van der Waals surface area contributed by atoms with Crippen molar-refractivity contribution >= 4 is 6.03 Å². The van der Waals surface area contributed by atoms with Gasteiger partial charge in [-0.2, -0.15) is 5.26 Å². The molecule has 1 heterocycles. The number of urea groups is 1. The Balaban J connectivity index is 1.47. The highest BCUT2D eigenvalue weighted by molar-refractivity contribution is 5.74. The number of hydrogen-bond acceptors (Lipinski definition) is 3. The van der Waals surface area contributed by atoms with Crippen LogP contribution in [0.4, 0.5) is 4.79 Å². The van der Waals surface area contributed by atoms with Crippen LogP contribution in [-0.4, -0.2) is 42.8 Å². The first-order chi connectivity index (χ1) is 11.2. The molecule has 0 bridgehead atoms. The summed E-state index contributed by atoms with van der Waals surface area (Å²) in [7, 11) is 0. The Morgan fingerprint density at radius 2 is 2.26 bits per heavy atom. The maximum atomic E-state index is 12.4. The molecule has 1 saturated carbocycles. The van der Waals surface area contributed by atoms with E-state index in [0.717, 1.165) is 12.0 Å². The number of hydrogen-bond donors (Lipinski definition) is 1. The van der Waals surface area contributed by atoms with E-state index in [-0.39, 0.29) is 18.2 Å². The van der Waals surface area contributed by atoms with Crippen molar-refractivity contribution in [3.05, 3.63) is 35.4 Å². The molecule has 2 aliphatic rings. The van der Waals surface area contributed by atoms with Crippen LogP contribution in [0.15, 0.2) is 24.3 Å². The molecule has 0 aromatic heterocycles. The Morgan fingerprint density at radius 3 is 3.00 bits per heavy atom. The summed E-state index contributed by atoms with van der Waals surface area (Å²) >= 11 is 0. The van der Waals surface area contributed by atoms with Gasteiger partial charge >= 0.3 is 6.03 Å². The zero-order chi connectivity index (χ0) is 16.2. The van der Waals surface area contributed by atoms with Crippen molar-refractivity contribution in [1.82, 2.24) is 10.2 Å². The van der Waals surface area contributed by atoms with Crippen LogP contribution < -0.4 is 5.32 Å². The van der Waals surface area contributed by atoms with E-state index in [1.807, 2.05) is 30.0 Å². The topological polar surface area (TPSA) is 65.4 Å². The SMILES string of the molecule is CC1CN(C(=O)NCCc2cccc(C#N)c2)CC(C2CC2)O1. The molecule has 23 heavy (non-hydrogen) atoms. The molecule has 5 heteroatoms. The number of carbonyl (C=O) groups excluding carboxylic acids is 1. The molecular weight excluding hydrogens is 290 g/mol. The van der Waals surface area contributed by atoms with Gasteiger partial charge in [0.05, 0.1) is 23.8 Å². The summed E-state index contributed by atoms with van der Waals surface area (Å²) in [4.78, 5) is 14.2. The second-order valence-electron chi connectivity index (χ2n) is 6.52. The monoisotopic (exact) mass is 313 g/mol. The average Bonchev–Trinajstić information content (AvgIpc) is 3.39. The molecule has 2 fully saturated rings. The molecule has 2 unspecified atom stereocenters. The molecule has 1 aromatic rings. The van der Waals surface area contributed by atoms with Crippen molar-refractivity contribution < 1.29 is 9.53 Å². The minimum absolute atomic E-state index is 0.0118. The van der Waals surface area contributed by atoms with Crippen LogP contribution in [0.1, 0.15) is 30.9 Å². The fourth-order valence-electron chi connectivity index (χ4n) is 3.10. The first-order valence-corrected chi connectivity index (χ1v) is 8.33. The molecule has 1 aliphatic carbocycles. The quantitative estimate of drug-likeness (QED) is 0.927. The molecular formula is C18H23N3O2. The summed E-state index contributed by atoms with van der Waals surface area (Å²) in [6.07, 6.45) is 3.49. The predicted octanol–water partition coefficient (Wildman–Crippen LogP) is 2.31. The smallest absolute Gasteiger partial charge is 0.317 e. The van der Waals surface area contributed by atoms with Gasteiger partial charge in [0, 0.05) is 19.6 Å². The minimum atomic E-state index is -0.0118. The number of nitrogens with one attached hydrogen (secondary N) is 1. The molecule has 2 amide bonds. The molecule has 3 rings (SSSR count). The number of carbonyl (C=O) groups is 1. The maximum Gasteiger partial charge on any atom is 0.317 e. The molecule has 122 valence electrons. The largest absolute Gasteiger partial charge is 0.371 e. The standard InChI is InChI=1S/C18H23N3O2/c1-13-11-21(12-17(23-13)16-5-6-16)18(22)20-8-7-14-3-2-4-15(9-14)10-19/h2-4,9,13,16-17H,5-8,11-12H2,1H3,(H,20,22). The molecule has 5 nitrogen and oxygen atoms in total. The van der Waals surface area contributed by atoms with Gasteiger partial charge in [0.1, 0.15) is 0 Å². The Labute approximate surface area is 137 Å². The number of rotatable bonds is 4. The fourth-order valence-corrected chi connectivity index (χ4v) is 3.10. The van der Waals surface area contributed by atoms with Gasteiger partial charge in [-0.15, -0.1) is 0 Å². The van der Waals surface area contributed by atoms with Crippen LogP contribution in [0.2, 0.25) is 0 Å². The lowest BCUT2D eigenvalue weighted by Crippen LogP contribution is -2.53. The van der Waals surface area contributed by atoms with Crippen LogP contribution in [0, 0.1) is 17.2 Å². The van der Waals surface area contributed by atoms with E-state index in [4.69, 9.17) is 10.00 Å². The van der Waals surface area contributed by atoms with Crippen molar-refractivity contribution in [1.29, 1.82) is 5.26 Å². The van der Waals surface area contributed by atoms with Crippen LogP contribution in [0.5, 0.6) is 0 Å². The summed E-state index contributed by atoms with van der Waals surface area (Å²) < 4.78 is 5.94. The summed E-state index contributed by atoms with van der Waals surface area (Å²) in [6, 6.07) is 9.63. The minimum Gasteiger partial charge on any atom is -0.371 e. The van der Waals surface area contributed by atoms with E-state index in [2.05, 4.69) is 11.4 Å². The summed E-state index contributed by atoms with van der Waals surface area (Å²) in [5.41, 5.74) is 1.72. The third kappa shape index (κ3) is 4.23. The van der Waals surface area contributed by atoms with Gasteiger partial charge in [-0.1, -0.05) is 12.1 Å². The first kappa shape index (κ1) is 15.8. The van der Waals surface area contributed by atoms with E-state index in [1.54, 1.807) is 6.07 Å². The molecule has 1 N–H and O–H groups in total. The van der Waals surface area contributed by atoms with E-state index in [0.29, 0.717) is 31.1 Å². The van der Waals surface area contributed by atoms with E-state index in [9.17, 15) is 4.79 Å². The second-order valence-corrected chi connectivity index (χ2v) is 6.52. The fraction of sp³-hybridized carbons (Fsp3) is 0.556. The second kappa shape index (κ2) is 7.01. The lowest BCUT2D eigenvalue weighted by atomic mass is 10.1. The normalized spacial score (nSPS) is 24.1. The highest BCUT2D eigenvalue weighted by Gasteiger charge is 2.38. The van der Waals surface area contributed by atoms with Crippen molar-refractivity contribution in [2.75, 3.05) is 19.6 Å². The zero-order valence-electron chi connectivity index (χ0n) is 13.5. The Kier molecular flexibility index (Phi) is 4.82. The van der Waals surface area contributed by atoms with Gasteiger partial charge < -0.3 is 15.0 Å². The van der Waals surface area contributed by atoms with Crippen molar-refractivity contribution in [3.63, 3.8) is 0 Å². The van der Waals surface area contributed by atoms with Crippen LogP contribution >= 0.6 is 0 Å². The number of nitrogens with zero attached hydrogens (tertiary/aromatic N) is 2. The first-order valence-electron chi connectivity index (χ1n) is 8.33. The molecule has 2 atom stereocenters. The Hall–Kier alpha value is -2.06. The number of ether oxygens (including phenoxy) is 1. The molecule has 1 saturated heterocycles. The van der Waals surface area contributed by atoms with E-state index in [1.165, 1.54) is 12.8 Å². The van der Waals surface area contributed by atoms with Crippen LogP contribution in [0.25, 0.3) is 0 Å². The van der Waals surface area contributed by atoms with Gasteiger partial charge in [-0.25, -0.2) is 4.79 Å². The Morgan fingerprint density at radius 1 is 1.43 bits per heavy atom. The number of amides is 2. The number of nitriles is 1. The molecule has 1 aliphatic heterocycles. The van der Waals surface area contributed by atoms with Gasteiger partial charge in [0.15, 0.2) is 0 Å². The van der Waals surface area contributed by atoms with E-state index < -0.39 is 0 Å². The summed E-state index contributed by atoms with van der Waals surface area (Å²) in [5, 5.41) is 11.9. The van der Waals surface area contributed by atoms with Crippen molar-refractivity contribution in [3.8, 4) is 6.07 Å². The highest BCUT2D eigenvalue weighted by atomic mass is 16.5. The zero-order valence-corrected chi connectivity index (χ0v) is 13.5. The molecule has 0 spiro atoms. The van der Waals surface area contributed by atoms with Crippen molar-refractivity contribution in [2.45, 2.75) is 38.4 Å². The summed E-state index contributed by atoms with van der Waals surface area (Å²) in [5.74, 6) is 0.641. The third-order valence-electron chi connectivity index (χ3n) is 4.47. The van der Waals surface area contributed by atoms with Gasteiger partial charge in [-0.05, 0) is 49.8 Å². The van der Waals surface area contributed by atoms with Crippen LogP contribution in [0.3, 0.4) is 0 Å².